The van der Waals surface area contributed by atoms with Gasteiger partial charge in [-0.15, -0.1) is 0 Å². The van der Waals surface area contributed by atoms with Crippen molar-refractivity contribution >= 4 is 10.9 Å². The van der Waals surface area contributed by atoms with Crippen LogP contribution in [0, 0.1) is 7.05 Å². The highest BCUT2D eigenvalue weighted by atomic mass is 15.1. The third-order valence-electron chi connectivity index (χ3n) is 3.06. The Hall–Kier alpha value is -1.28. The Morgan fingerprint density at radius 1 is 1.29 bits per heavy atom. The van der Waals surface area contributed by atoms with Crippen molar-refractivity contribution in [2.45, 2.75) is 13.0 Å². The van der Waals surface area contributed by atoms with Crippen LogP contribution in [0.3, 0.4) is 0 Å². The number of aromatic nitrogens is 1. The van der Waals surface area contributed by atoms with Crippen LogP contribution in [-0.2, 0) is 13.0 Å². The molecular weight excluding hydrogens is 172 g/mol. The predicted molar refractivity (Wildman–Crippen MR) is 56.9 cm³/mol. The monoisotopic (exact) mass is 186 g/mol. The SMILES string of the molecule is [CH2-][NH+]1CCc2c([nH]c3ccccc23)C1. The molecule has 3 rings (SSSR count). The zero-order valence-electron chi connectivity index (χ0n) is 8.14. The number of nitrogens with one attached hydrogen (secondary N) is 2. The first-order valence-electron chi connectivity index (χ1n) is 5.10. The van der Waals surface area contributed by atoms with Crippen molar-refractivity contribution in [2.24, 2.45) is 0 Å². The summed E-state index contributed by atoms with van der Waals surface area (Å²) in [5.41, 5.74) is 4.16. The Labute approximate surface area is 83.5 Å². The van der Waals surface area contributed by atoms with Crippen molar-refractivity contribution in [1.29, 1.82) is 0 Å². The van der Waals surface area contributed by atoms with Gasteiger partial charge in [-0.2, -0.15) is 7.05 Å². The first-order chi connectivity index (χ1) is 6.84. The first kappa shape index (κ1) is 8.06. The maximum absolute atomic E-state index is 4.06. The molecule has 2 N–H and O–H groups in total. The van der Waals surface area contributed by atoms with E-state index in [4.69, 9.17) is 0 Å². The number of quaternary nitrogens is 1. The fourth-order valence-electron chi connectivity index (χ4n) is 2.33. The van der Waals surface area contributed by atoms with Crippen LogP contribution >= 0.6 is 0 Å². The quantitative estimate of drug-likeness (QED) is 0.570. The lowest BCUT2D eigenvalue weighted by Crippen LogP contribution is -3.06. The smallest absolute Gasteiger partial charge is 0.0942 e. The lowest BCUT2D eigenvalue weighted by molar-refractivity contribution is -0.870. The van der Waals surface area contributed by atoms with Gasteiger partial charge in [-0.25, -0.2) is 0 Å². The molecule has 0 saturated heterocycles. The third kappa shape index (κ3) is 1.07. The Balaban J connectivity index is 2.24. The van der Waals surface area contributed by atoms with Crippen LogP contribution in [0.15, 0.2) is 24.3 Å². The highest BCUT2D eigenvalue weighted by molar-refractivity contribution is 5.84. The van der Waals surface area contributed by atoms with E-state index in [0.29, 0.717) is 0 Å². The lowest BCUT2D eigenvalue weighted by Gasteiger charge is -2.25. The van der Waals surface area contributed by atoms with Crippen LogP contribution in [0.5, 0.6) is 0 Å². The fourth-order valence-corrected chi connectivity index (χ4v) is 2.33. The molecule has 2 aromatic rings. The van der Waals surface area contributed by atoms with Gasteiger partial charge in [0.25, 0.3) is 0 Å². The van der Waals surface area contributed by atoms with Gasteiger partial charge in [0, 0.05) is 17.3 Å². The molecule has 14 heavy (non-hydrogen) atoms. The van der Waals surface area contributed by atoms with Gasteiger partial charge in [-0.05, 0) is 11.6 Å². The number of rotatable bonds is 0. The maximum Gasteiger partial charge on any atom is 0.0942 e. The standard InChI is InChI=1S/C12H14N2/c1-14-7-6-10-9-4-2-3-5-11(9)13-12(10)8-14/h2-5,13-14H,1,6-8H2. The van der Waals surface area contributed by atoms with Gasteiger partial charge in [0.1, 0.15) is 0 Å². The number of fused-ring (bicyclic) bond motifs is 3. The number of hydrogen-bond donors (Lipinski definition) is 2. The van der Waals surface area contributed by atoms with Gasteiger partial charge in [-0.1, -0.05) is 18.2 Å². The van der Waals surface area contributed by atoms with E-state index in [9.17, 15) is 0 Å². The molecule has 1 atom stereocenters. The molecule has 0 bridgehead atoms. The molecule has 1 aliphatic heterocycles. The second-order valence-corrected chi connectivity index (χ2v) is 4.05. The first-order valence-corrected chi connectivity index (χ1v) is 5.10. The van der Waals surface area contributed by atoms with Crippen molar-refractivity contribution in [3.8, 4) is 0 Å². The fraction of sp³-hybridized carbons (Fsp3) is 0.250. The van der Waals surface area contributed by atoms with Crippen molar-refractivity contribution < 1.29 is 4.90 Å². The molecule has 1 aliphatic rings. The molecule has 2 nitrogen and oxygen atoms in total. The van der Waals surface area contributed by atoms with E-state index in [2.05, 4.69) is 36.3 Å². The molecule has 0 aliphatic carbocycles. The summed E-state index contributed by atoms with van der Waals surface area (Å²) in [6, 6.07) is 8.55. The molecule has 1 aromatic heterocycles. The normalized spacial score (nSPS) is 21.1. The molecule has 0 spiro atoms. The number of benzene rings is 1. The third-order valence-corrected chi connectivity index (χ3v) is 3.06. The molecule has 72 valence electrons. The molecule has 0 radical (unpaired) electrons. The van der Waals surface area contributed by atoms with E-state index in [0.717, 1.165) is 19.5 Å². The van der Waals surface area contributed by atoms with Gasteiger partial charge in [0.2, 0.25) is 0 Å². The van der Waals surface area contributed by atoms with Crippen molar-refractivity contribution in [1.82, 2.24) is 4.98 Å². The maximum atomic E-state index is 4.06. The second kappa shape index (κ2) is 2.85. The largest absolute Gasteiger partial charge is 0.463 e. The Kier molecular flexibility index (Phi) is 1.64. The molecule has 1 unspecified atom stereocenters. The summed E-state index contributed by atoms with van der Waals surface area (Å²) in [5.74, 6) is 0. The predicted octanol–water partition coefficient (Wildman–Crippen LogP) is 0.900. The van der Waals surface area contributed by atoms with Crippen LogP contribution in [0.1, 0.15) is 11.3 Å². The average molecular weight is 186 g/mol. The molecule has 0 amide bonds. The zero-order chi connectivity index (χ0) is 9.54. The summed E-state index contributed by atoms with van der Waals surface area (Å²) in [7, 11) is 4.06. The van der Waals surface area contributed by atoms with Crippen molar-refractivity contribution in [3.05, 3.63) is 42.6 Å². The number of H-pyrrole nitrogens is 1. The molecule has 0 fully saturated rings. The molecule has 0 saturated carbocycles. The lowest BCUT2D eigenvalue weighted by atomic mass is 10.0. The van der Waals surface area contributed by atoms with Crippen LogP contribution in [0.4, 0.5) is 0 Å². The minimum atomic E-state index is 1.03. The summed E-state index contributed by atoms with van der Waals surface area (Å²) in [4.78, 5) is 4.84. The van der Waals surface area contributed by atoms with E-state index >= 15 is 0 Å². The zero-order valence-corrected chi connectivity index (χ0v) is 8.14. The summed E-state index contributed by atoms with van der Waals surface area (Å²) >= 11 is 0. The van der Waals surface area contributed by atoms with Crippen LogP contribution in [0.25, 0.3) is 10.9 Å². The summed E-state index contributed by atoms with van der Waals surface area (Å²) in [6.07, 6.45) is 1.15. The van der Waals surface area contributed by atoms with Crippen molar-refractivity contribution in [2.75, 3.05) is 6.54 Å². The summed E-state index contributed by atoms with van der Waals surface area (Å²) < 4.78 is 0. The number of aromatic amines is 1. The summed E-state index contributed by atoms with van der Waals surface area (Å²) in [6.45, 7) is 2.18. The summed E-state index contributed by atoms with van der Waals surface area (Å²) in [5, 5.41) is 1.40. The van der Waals surface area contributed by atoms with Crippen LogP contribution in [-0.4, -0.2) is 11.5 Å². The highest BCUT2D eigenvalue weighted by Crippen LogP contribution is 2.23. The minimum absolute atomic E-state index is 1.03. The van der Waals surface area contributed by atoms with Crippen LogP contribution in [0.2, 0.25) is 0 Å². The second-order valence-electron chi connectivity index (χ2n) is 4.05. The van der Waals surface area contributed by atoms with Crippen molar-refractivity contribution in [3.63, 3.8) is 0 Å². The topological polar surface area (TPSA) is 20.2 Å². The highest BCUT2D eigenvalue weighted by Gasteiger charge is 2.17. The van der Waals surface area contributed by atoms with E-state index in [1.54, 1.807) is 0 Å². The molecule has 1 aromatic carbocycles. The Morgan fingerprint density at radius 3 is 3.07 bits per heavy atom. The van der Waals surface area contributed by atoms with Gasteiger partial charge in [0.15, 0.2) is 0 Å². The van der Waals surface area contributed by atoms with E-state index in [1.165, 1.54) is 27.1 Å². The number of para-hydroxylation sites is 1. The van der Waals surface area contributed by atoms with Gasteiger partial charge in [-0.3, -0.25) is 0 Å². The van der Waals surface area contributed by atoms with Gasteiger partial charge >= 0.3 is 0 Å². The average Bonchev–Trinajstić information content (AvgIpc) is 2.54. The Morgan fingerprint density at radius 2 is 2.14 bits per heavy atom. The molecule has 2 heteroatoms. The Bertz CT molecular complexity index is 470. The van der Waals surface area contributed by atoms with E-state index in [1.807, 2.05) is 0 Å². The van der Waals surface area contributed by atoms with Gasteiger partial charge in [0.05, 0.1) is 18.8 Å². The van der Waals surface area contributed by atoms with Crippen LogP contribution < -0.4 is 4.90 Å². The molecule has 2 heterocycles. The minimum Gasteiger partial charge on any atom is -0.463 e. The van der Waals surface area contributed by atoms with E-state index in [-0.39, 0.29) is 0 Å². The van der Waals surface area contributed by atoms with E-state index < -0.39 is 0 Å². The number of hydrogen-bond acceptors (Lipinski definition) is 0. The van der Waals surface area contributed by atoms with Gasteiger partial charge < -0.3 is 9.88 Å². The molecular formula is C12H14N2.